The van der Waals surface area contributed by atoms with E-state index >= 15 is 0 Å². The van der Waals surface area contributed by atoms with Gasteiger partial charge in [-0.2, -0.15) is 0 Å². The summed E-state index contributed by atoms with van der Waals surface area (Å²) in [6.07, 6.45) is 2.99. The highest BCUT2D eigenvalue weighted by atomic mass is 16.2. The van der Waals surface area contributed by atoms with Crippen LogP contribution in [0.4, 0.5) is 17.2 Å². The molecule has 0 aliphatic heterocycles. The molecule has 0 aliphatic carbocycles. The fourth-order valence-corrected chi connectivity index (χ4v) is 2.34. The van der Waals surface area contributed by atoms with Crippen molar-refractivity contribution in [2.45, 2.75) is 13.5 Å². The highest BCUT2D eigenvalue weighted by Crippen LogP contribution is 2.19. The first-order chi connectivity index (χ1) is 13.1. The Labute approximate surface area is 156 Å². The van der Waals surface area contributed by atoms with Gasteiger partial charge in [0.25, 0.3) is 5.91 Å². The van der Waals surface area contributed by atoms with Gasteiger partial charge in [0.1, 0.15) is 17.8 Å². The Morgan fingerprint density at radius 3 is 2.59 bits per heavy atom. The molecule has 3 rings (SSSR count). The highest BCUT2D eigenvalue weighted by Gasteiger charge is 2.09. The molecule has 0 unspecified atom stereocenters. The van der Waals surface area contributed by atoms with E-state index in [9.17, 15) is 9.59 Å². The lowest BCUT2D eigenvalue weighted by Gasteiger charge is -2.09. The number of hydrogen-bond donors (Lipinski definition) is 3. The molecule has 0 bridgehead atoms. The second-order valence-corrected chi connectivity index (χ2v) is 5.68. The van der Waals surface area contributed by atoms with E-state index in [4.69, 9.17) is 0 Å². The normalized spacial score (nSPS) is 10.1. The molecule has 136 valence electrons. The molecule has 1 aromatic carbocycles. The molecule has 0 radical (unpaired) electrons. The first-order valence-electron chi connectivity index (χ1n) is 8.25. The standard InChI is InChI=1S/C19H18N6O2/c1-13(26)24-14-6-4-7-15(9-14)25-18-10-17(22-12-23-18)19(27)21-11-16-5-2-3-8-20-16/h2-10,12H,11H2,1H3,(H,21,27)(H,24,26)(H,22,23,25). The number of anilines is 3. The number of nitrogens with zero attached hydrogens (tertiary/aromatic N) is 3. The van der Waals surface area contributed by atoms with Crippen LogP contribution >= 0.6 is 0 Å². The molecule has 0 spiro atoms. The van der Waals surface area contributed by atoms with Crippen LogP contribution in [0.15, 0.2) is 61.1 Å². The monoisotopic (exact) mass is 362 g/mol. The number of pyridine rings is 1. The van der Waals surface area contributed by atoms with Crippen LogP contribution in [0.3, 0.4) is 0 Å². The fourth-order valence-electron chi connectivity index (χ4n) is 2.34. The Hall–Kier alpha value is -3.81. The van der Waals surface area contributed by atoms with E-state index in [1.807, 2.05) is 24.3 Å². The van der Waals surface area contributed by atoms with Crippen molar-refractivity contribution >= 4 is 29.0 Å². The van der Waals surface area contributed by atoms with Crippen molar-refractivity contribution in [1.82, 2.24) is 20.3 Å². The van der Waals surface area contributed by atoms with E-state index in [1.54, 1.807) is 30.5 Å². The first-order valence-corrected chi connectivity index (χ1v) is 8.25. The molecular weight excluding hydrogens is 344 g/mol. The molecule has 0 fully saturated rings. The SMILES string of the molecule is CC(=O)Nc1cccc(Nc2cc(C(=O)NCc3ccccn3)ncn2)c1. The third-order valence-corrected chi connectivity index (χ3v) is 3.51. The summed E-state index contributed by atoms with van der Waals surface area (Å²) in [5, 5.41) is 8.57. The summed E-state index contributed by atoms with van der Waals surface area (Å²) < 4.78 is 0. The van der Waals surface area contributed by atoms with Gasteiger partial charge in [-0.3, -0.25) is 14.6 Å². The van der Waals surface area contributed by atoms with Gasteiger partial charge in [-0.1, -0.05) is 12.1 Å². The second-order valence-electron chi connectivity index (χ2n) is 5.68. The Kier molecular flexibility index (Phi) is 5.68. The molecule has 0 saturated heterocycles. The molecule has 3 aromatic rings. The summed E-state index contributed by atoms with van der Waals surface area (Å²) in [4.78, 5) is 35.7. The minimum atomic E-state index is -0.321. The second kappa shape index (κ2) is 8.52. The zero-order chi connectivity index (χ0) is 19.1. The number of carbonyl (C=O) groups is 2. The fraction of sp³-hybridized carbons (Fsp3) is 0.105. The lowest BCUT2D eigenvalue weighted by atomic mass is 10.2. The van der Waals surface area contributed by atoms with Crippen LogP contribution in [-0.4, -0.2) is 26.8 Å². The van der Waals surface area contributed by atoms with E-state index < -0.39 is 0 Å². The van der Waals surface area contributed by atoms with Crippen LogP contribution in [0.2, 0.25) is 0 Å². The number of nitrogens with one attached hydrogen (secondary N) is 3. The van der Waals surface area contributed by atoms with Gasteiger partial charge in [-0.05, 0) is 30.3 Å². The summed E-state index contributed by atoms with van der Waals surface area (Å²) in [5.74, 6) is -0.00731. The molecular formula is C19H18N6O2. The Bertz CT molecular complexity index is 946. The first kappa shape index (κ1) is 18.0. The van der Waals surface area contributed by atoms with Crippen LogP contribution in [0.5, 0.6) is 0 Å². The number of aromatic nitrogens is 3. The average Bonchev–Trinajstić information content (AvgIpc) is 2.67. The molecule has 2 amide bonds. The zero-order valence-electron chi connectivity index (χ0n) is 14.6. The van der Waals surface area contributed by atoms with Gasteiger partial charge in [-0.15, -0.1) is 0 Å². The van der Waals surface area contributed by atoms with Crippen LogP contribution in [0, 0.1) is 0 Å². The quantitative estimate of drug-likeness (QED) is 0.622. The van der Waals surface area contributed by atoms with Crippen LogP contribution in [0.1, 0.15) is 23.1 Å². The van der Waals surface area contributed by atoms with Gasteiger partial charge in [0, 0.05) is 30.6 Å². The van der Waals surface area contributed by atoms with Gasteiger partial charge in [0.15, 0.2) is 0 Å². The van der Waals surface area contributed by atoms with Crippen LogP contribution in [0.25, 0.3) is 0 Å². The van der Waals surface area contributed by atoms with E-state index in [1.165, 1.54) is 13.3 Å². The lowest BCUT2D eigenvalue weighted by Crippen LogP contribution is -2.24. The molecule has 2 aromatic heterocycles. The van der Waals surface area contributed by atoms with Crippen LogP contribution in [-0.2, 0) is 11.3 Å². The van der Waals surface area contributed by atoms with Crippen molar-refractivity contribution in [3.8, 4) is 0 Å². The summed E-state index contributed by atoms with van der Waals surface area (Å²) in [5.41, 5.74) is 2.38. The van der Waals surface area contributed by atoms with Crippen molar-refractivity contribution in [1.29, 1.82) is 0 Å². The molecule has 8 nitrogen and oxygen atoms in total. The molecule has 3 N–H and O–H groups in total. The summed E-state index contributed by atoms with van der Waals surface area (Å²) >= 11 is 0. The smallest absolute Gasteiger partial charge is 0.270 e. The predicted octanol–water partition coefficient (Wildman–Crippen LogP) is 2.50. The van der Waals surface area contributed by atoms with E-state index in [-0.39, 0.29) is 17.5 Å². The minimum Gasteiger partial charge on any atom is -0.345 e. The highest BCUT2D eigenvalue weighted by molar-refractivity contribution is 5.93. The number of hydrogen-bond acceptors (Lipinski definition) is 6. The maximum atomic E-state index is 12.3. The number of amides is 2. The summed E-state index contributed by atoms with van der Waals surface area (Å²) in [6.45, 7) is 1.76. The zero-order valence-corrected chi connectivity index (χ0v) is 14.6. The van der Waals surface area contributed by atoms with Crippen molar-refractivity contribution in [3.05, 3.63) is 72.4 Å². The van der Waals surface area contributed by atoms with Crippen molar-refractivity contribution in [2.24, 2.45) is 0 Å². The van der Waals surface area contributed by atoms with Gasteiger partial charge in [-0.25, -0.2) is 9.97 Å². The maximum absolute atomic E-state index is 12.3. The summed E-state index contributed by atoms with van der Waals surface area (Å²) in [6, 6.07) is 14.2. The lowest BCUT2D eigenvalue weighted by molar-refractivity contribution is -0.114. The molecule has 0 aliphatic rings. The average molecular weight is 362 g/mol. The number of benzene rings is 1. The van der Waals surface area contributed by atoms with Gasteiger partial charge in [0.05, 0.1) is 12.2 Å². The van der Waals surface area contributed by atoms with E-state index in [0.717, 1.165) is 11.4 Å². The van der Waals surface area contributed by atoms with Gasteiger partial charge < -0.3 is 16.0 Å². The minimum absolute atomic E-state index is 0.152. The third-order valence-electron chi connectivity index (χ3n) is 3.51. The Balaban J connectivity index is 1.66. The largest absolute Gasteiger partial charge is 0.345 e. The topological polar surface area (TPSA) is 109 Å². The maximum Gasteiger partial charge on any atom is 0.270 e. The molecule has 27 heavy (non-hydrogen) atoms. The van der Waals surface area contributed by atoms with Gasteiger partial charge >= 0.3 is 0 Å². The van der Waals surface area contributed by atoms with Crippen molar-refractivity contribution in [2.75, 3.05) is 10.6 Å². The third kappa shape index (κ3) is 5.33. The van der Waals surface area contributed by atoms with E-state index in [0.29, 0.717) is 18.1 Å². The molecule has 0 saturated carbocycles. The number of rotatable bonds is 6. The van der Waals surface area contributed by atoms with Crippen molar-refractivity contribution in [3.63, 3.8) is 0 Å². The Morgan fingerprint density at radius 1 is 0.963 bits per heavy atom. The molecule has 2 heterocycles. The molecule has 0 atom stereocenters. The van der Waals surface area contributed by atoms with Crippen molar-refractivity contribution < 1.29 is 9.59 Å². The Morgan fingerprint density at radius 2 is 1.81 bits per heavy atom. The predicted molar refractivity (Wildman–Crippen MR) is 101 cm³/mol. The van der Waals surface area contributed by atoms with Gasteiger partial charge in [0.2, 0.25) is 5.91 Å². The summed E-state index contributed by atoms with van der Waals surface area (Å²) in [7, 11) is 0. The molecule has 8 heteroatoms. The van der Waals surface area contributed by atoms with E-state index in [2.05, 4.69) is 30.9 Å². The number of carbonyl (C=O) groups excluding carboxylic acids is 2. The van der Waals surface area contributed by atoms with Crippen LogP contribution < -0.4 is 16.0 Å².